The standard InChI is InChI=1S/C14H22N2O4S/c1-16-7-3-4-12(9-16)15-21(18,19)13-5-6-14(20-2)11(8-13)10-17/h5-6,8,12,15,17H,3-4,7,9-10H2,1-2H3. The summed E-state index contributed by atoms with van der Waals surface area (Å²) in [5, 5.41) is 9.29. The smallest absolute Gasteiger partial charge is 0.240 e. The van der Waals surface area contributed by atoms with Crippen molar-refractivity contribution in [1.29, 1.82) is 0 Å². The average Bonchev–Trinajstić information content (AvgIpc) is 2.46. The number of aliphatic hydroxyl groups is 1. The molecule has 0 saturated carbocycles. The Balaban J connectivity index is 2.19. The van der Waals surface area contributed by atoms with E-state index in [4.69, 9.17) is 4.74 Å². The number of likely N-dealkylation sites (tertiary alicyclic amines) is 1. The van der Waals surface area contributed by atoms with E-state index in [9.17, 15) is 13.5 Å². The Morgan fingerprint density at radius 3 is 2.86 bits per heavy atom. The normalized spacial score (nSPS) is 20.4. The van der Waals surface area contributed by atoms with E-state index < -0.39 is 10.0 Å². The maximum absolute atomic E-state index is 12.4. The molecule has 1 fully saturated rings. The van der Waals surface area contributed by atoms with E-state index in [2.05, 4.69) is 9.62 Å². The number of rotatable bonds is 5. The number of ether oxygens (including phenoxy) is 1. The van der Waals surface area contributed by atoms with Gasteiger partial charge >= 0.3 is 0 Å². The lowest BCUT2D eigenvalue weighted by Crippen LogP contribution is -2.46. The van der Waals surface area contributed by atoms with Crippen molar-refractivity contribution in [3.63, 3.8) is 0 Å². The SMILES string of the molecule is COc1ccc(S(=O)(=O)NC2CCCN(C)C2)cc1CO. The van der Waals surface area contributed by atoms with Crippen molar-refractivity contribution in [2.75, 3.05) is 27.2 Å². The number of aliphatic hydroxyl groups excluding tert-OH is 1. The lowest BCUT2D eigenvalue weighted by molar-refractivity contribution is 0.242. The molecule has 1 aliphatic heterocycles. The fourth-order valence-electron chi connectivity index (χ4n) is 2.60. The molecule has 0 bridgehead atoms. The second-order valence-corrected chi connectivity index (χ2v) is 7.07. The molecule has 1 saturated heterocycles. The molecule has 2 N–H and O–H groups in total. The molecule has 0 aliphatic carbocycles. The summed E-state index contributed by atoms with van der Waals surface area (Å²) in [7, 11) is -0.116. The summed E-state index contributed by atoms with van der Waals surface area (Å²) in [6.45, 7) is 1.44. The highest BCUT2D eigenvalue weighted by atomic mass is 32.2. The number of likely N-dealkylation sites (N-methyl/N-ethyl adjacent to an activating group) is 1. The maximum Gasteiger partial charge on any atom is 0.240 e. The third kappa shape index (κ3) is 3.94. The summed E-state index contributed by atoms with van der Waals surface area (Å²) in [6, 6.07) is 4.43. The number of sulfonamides is 1. The van der Waals surface area contributed by atoms with Gasteiger partial charge in [0.15, 0.2) is 0 Å². The molecule has 21 heavy (non-hydrogen) atoms. The Hall–Kier alpha value is -1.15. The highest BCUT2D eigenvalue weighted by Crippen LogP contribution is 2.23. The Bertz CT molecular complexity index is 589. The van der Waals surface area contributed by atoms with E-state index in [-0.39, 0.29) is 17.5 Å². The predicted molar refractivity (Wildman–Crippen MR) is 79.8 cm³/mol. The molecule has 118 valence electrons. The average molecular weight is 314 g/mol. The fourth-order valence-corrected chi connectivity index (χ4v) is 3.91. The van der Waals surface area contributed by atoms with Crippen molar-refractivity contribution in [1.82, 2.24) is 9.62 Å². The van der Waals surface area contributed by atoms with Gasteiger partial charge in [0.2, 0.25) is 10.0 Å². The topological polar surface area (TPSA) is 78.9 Å². The summed E-state index contributed by atoms with van der Waals surface area (Å²) >= 11 is 0. The molecular formula is C14H22N2O4S. The number of hydrogen-bond acceptors (Lipinski definition) is 5. The molecule has 0 aromatic heterocycles. The van der Waals surface area contributed by atoms with Gasteiger partial charge < -0.3 is 14.7 Å². The van der Waals surface area contributed by atoms with Gasteiger partial charge in [-0.15, -0.1) is 0 Å². The van der Waals surface area contributed by atoms with Crippen LogP contribution in [0.1, 0.15) is 18.4 Å². The molecule has 7 heteroatoms. The van der Waals surface area contributed by atoms with Crippen LogP contribution in [0.15, 0.2) is 23.1 Å². The van der Waals surface area contributed by atoms with Gasteiger partial charge in [-0.25, -0.2) is 13.1 Å². The molecular weight excluding hydrogens is 292 g/mol. The second-order valence-electron chi connectivity index (χ2n) is 5.35. The van der Waals surface area contributed by atoms with Crippen LogP contribution in [0.25, 0.3) is 0 Å². The predicted octanol–water partition coefficient (Wildman–Crippen LogP) is 0.560. The lowest BCUT2D eigenvalue weighted by atomic mass is 10.1. The van der Waals surface area contributed by atoms with Gasteiger partial charge in [0.05, 0.1) is 18.6 Å². The van der Waals surface area contributed by atoms with Crippen LogP contribution in [0, 0.1) is 0 Å². The highest BCUT2D eigenvalue weighted by molar-refractivity contribution is 7.89. The first kappa shape index (κ1) is 16.2. The monoisotopic (exact) mass is 314 g/mol. The Morgan fingerprint density at radius 2 is 2.24 bits per heavy atom. The summed E-state index contributed by atoms with van der Waals surface area (Å²) in [5.41, 5.74) is 0.459. The van der Waals surface area contributed by atoms with E-state index in [1.165, 1.54) is 19.2 Å². The van der Waals surface area contributed by atoms with Gasteiger partial charge in [-0.1, -0.05) is 0 Å². The molecule has 1 aromatic carbocycles. The van der Waals surface area contributed by atoms with Crippen LogP contribution in [-0.2, 0) is 16.6 Å². The van der Waals surface area contributed by atoms with Crippen LogP contribution in [0.5, 0.6) is 5.75 Å². The van der Waals surface area contributed by atoms with Gasteiger partial charge in [0, 0.05) is 18.2 Å². The number of hydrogen-bond donors (Lipinski definition) is 2. The molecule has 1 heterocycles. The van der Waals surface area contributed by atoms with Crippen LogP contribution in [0.4, 0.5) is 0 Å². The van der Waals surface area contributed by atoms with Gasteiger partial charge in [-0.2, -0.15) is 0 Å². The first-order chi connectivity index (χ1) is 9.96. The number of nitrogens with zero attached hydrogens (tertiary/aromatic N) is 1. The molecule has 1 aliphatic rings. The fraction of sp³-hybridized carbons (Fsp3) is 0.571. The van der Waals surface area contributed by atoms with E-state index in [0.29, 0.717) is 17.9 Å². The summed E-state index contributed by atoms with van der Waals surface area (Å²) < 4.78 is 32.7. The minimum atomic E-state index is -3.58. The minimum Gasteiger partial charge on any atom is -0.496 e. The minimum absolute atomic E-state index is 0.0755. The van der Waals surface area contributed by atoms with E-state index >= 15 is 0 Å². The quantitative estimate of drug-likeness (QED) is 0.830. The van der Waals surface area contributed by atoms with Crippen LogP contribution < -0.4 is 9.46 Å². The first-order valence-corrected chi connectivity index (χ1v) is 8.43. The van der Waals surface area contributed by atoms with Gasteiger partial charge in [-0.3, -0.25) is 0 Å². The number of methoxy groups -OCH3 is 1. The zero-order valence-electron chi connectivity index (χ0n) is 12.4. The Labute approximate surface area is 125 Å². The van der Waals surface area contributed by atoms with Crippen molar-refractivity contribution in [3.05, 3.63) is 23.8 Å². The zero-order chi connectivity index (χ0) is 15.5. The van der Waals surface area contributed by atoms with Crippen LogP contribution in [0.3, 0.4) is 0 Å². The summed E-state index contributed by atoms with van der Waals surface area (Å²) in [4.78, 5) is 2.27. The number of piperidine rings is 1. The lowest BCUT2D eigenvalue weighted by Gasteiger charge is -2.30. The molecule has 0 amide bonds. The highest BCUT2D eigenvalue weighted by Gasteiger charge is 2.24. The van der Waals surface area contributed by atoms with E-state index in [0.717, 1.165) is 19.4 Å². The Morgan fingerprint density at radius 1 is 1.48 bits per heavy atom. The van der Waals surface area contributed by atoms with Crippen LogP contribution in [-0.4, -0.2) is 51.7 Å². The van der Waals surface area contributed by atoms with Crippen LogP contribution >= 0.6 is 0 Å². The molecule has 1 atom stereocenters. The van der Waals surface area contributed by atoms with Gasteiger partial charge in [0.1, 0.15) is 5.75 Å². The molecule has 1 unspecified atom stereocenters. The summed E-state index contributed by atoms with van der Waals surface area (Å²) in [6.07, 6.45) is 1.82. The third-order valence-electron chi connectivity index (χ3n) is 3.68. The molecule has 0 radical (unpaired) electrons. The van der Waals surface area contributed by atoms with E-state index in [1.807, 2.05) is 7.05 Å². The van der Waals surface area contributed by atoms with Crippen molar-refractivity contribution in [2.45, 2.75) is 30.4 Å². The number of benzene rings is 1. The molecule has 6 nitrogen and oxygen atoms in total. The van der Waals surface area contributed by atoms with Crippen molar-refractivity contribution in [3.8, 4) is 5.75 Å². The van der Waals surface area contributed by atoms with Gasteiger partial charge in [-0.05, 0) is 44.6 Å². The van der Waals surface area contributed by atoms with E-state index in [1.54, 1.807) is 6.07 Å². The molecule has 0 spiro atoms. The zero-order valence-corrected chi connectivity index (χ0v) is 13.2. The Kier molecular flexibility index (Phi) is 5.21. The molecule has 2 rings (SSSR count). The molecule has 1 aromatic rings. The van der Waals surface area contributed by atoms with Crippen molar-refractivity contribution < 1.29 is 18.3 Å². The van der Waals surface area contributed by atoms with Crippen molar-refractivity contribution >= 4 is 10.0 Å². The first-order valence-electron chi connectivity index (χ1n) is 6.95. The second kappa shape index (κ2) is 6.74. The largest absolute Gasteiger partial charge is 0.496 e. The summed E-state index contributed by atoms with van der Waals surface area (Å²) in [5.74, 6) is 0.480. The van der Waals surface area contributed by atoms with Gasteiger partial charge in [0.25, 0.3) is 0 Å². The van der Waals surface area contributed by atoms with Crippen molar-refractivity contribution in [2.24, 2.45) is 0 Å². The van der Waals surface area contributed by atoms with Crippen LogP contribution in [0.2, 0.25) is 0 Å². The maximum atomic E-state index is 12.4. The third-order valence-corrected chi connectivity index (χ3v) is 5.20. The number of nitrogens with one attached hydrogen (secondary N) is 1.